The molecule has 2 aromatic carbocycles. The molecule has 1 heterocycles. The van der Waals surface area contributed by atoms with E-state index in [1.54, 1.807) is 19.2 Å². The van der Waals surface area contributed by atoms with Crippen molar-refractivity contribution in [3.63, 3.8) is 0 Å². The molecule has 0 spiro atoms. The van der Waals surface area contributed by atoms with Crippen molar-refractivity contribution in [3.8, 4) is 5.75 Å². The number of fused-ring (bicyclic) bond motifs is 2. The van der Waals surface area contributed by atoms with Crippen LogP contribution in [-0.2, 0) is 0 Å². The second kappa shape index (κ2) is 4.10. The number of nitrogens with zero attached hydrogens (tertiary/aromatic N) is 1. The SMILES string of the molecule is COc1ccc2nc3ccc(F)cc3c(Cl)c2c1. The number of pyridine rings is 1. The predicted octanol–water partition coefficient (Wildman–Crippen LogP) is 4.19. The van der Waals surface area contributed by atoms with E-state index in [9.17, 15) is 4.39 Å². The minimum absolute atomic E-state index is 0.326. The fraction of sp³-hybridized carbons (Fsp3) is 0.0714. The second-order valence-corrected chi connectivity index (χ2v) is 4.35. The lowest BCUT2D eigenvalue weighted by molar-refractivity contribution is 0.415. The van der Waals surface area contributed by atoms with Gasteiger partial charge in [0.15, 0.2) is 0 Å². The van der Waals surface area contributed by atoms with E-state index >= 15 is 0 Å². The summed E-state index contributed by atoms with van der Waals surface area (Å²) in [7, 11) is 1.59. The van der Waals surface area contributed by atoms with Crippen LogP contribution >= 0.6 is 11.6 Å². The fourth-order valence-electron chi connectivity index (χ4n) is 1.97. The highest BCUT2D eigenvalue weighted by atomic mass is 35.5. The molecule has 0 bridgehead atoms. The highest BCUT2D eigenvalue weighted by Gasteiger charge is 2.09. The van der Waals surface area contributed by atoms with Crippen molar-refractivity contribution in [2.45, 2.75) is 0 Å². The van der Waals surface area contributed by atoms with Crippen LogP contribution in [0.1, 0.15) is 0 Å². The van der Waals surface area contributed by atoms with Gasteiger partial charge in [0.2, 0.25) is 0 Å². The Balaban J connectivity index is 2.45. The Morgan fingerprint density at radius 1 is 1.06 bits per heavy atom. The summed E-state index contributed by atoms with van der Waals surface area (Å²) in [5.74, 6) is 0.371. The van der Waals surface area contributed by atoms with E-state index in [4.69, 9.17) is 16.3 Å². The van der Waals surface area contributed by atoms with Crippen molar-refractivity contribution in [3.05, 3.63) is 47.2 Å². The average Bonchev–Trinajstić information content (AvgIpc) is 2.40. The van der Waals surface area contributed by atoms with Crippen molar-refractivity contribution in [2.75, 3.05) is 7.11 Å². The van der Waals surface area contributed by atoms with Crippen molar-refractivity contribution >= 4 is 33.4 Å². The van der Waals surface area contributed by atoms with Crippen LogP contribution in [0, 0.1) is 5.82 Å². The number of ether oxygens (including phenoxy) is 1. The zero-order valence-electron chi connectivity index (χ0n) is 9.58. The van der Waals surface area contributed by atoms with Gasteiger partial charge in [0, 0.05) is 10.8 Å². The van der Waals surface area contributed by atoms with E-state index in [-0.39, 0.29) is 5.82 Å². The molecule has 0 radical (unpaired) electrons. The maximum atomic E-state index is 13.3. The molecule has 0 aliphatic heterocycles. The monoisotopic (exact) mass is 261 g/mol. The Bertz CT molecular complexity index is 757. The lowest BCUT2D eigenvalue weighted by atomic mass is 10.1. The summed E-state index contributed by atoms with van der Waals surface area (Å²) in [6.45, 7) is 0. The molecule has 0 aliphatic carbocycles. The van der Waals surface area contributed by atoms with Gasteiger partial charge in [-0.15, -0.1) is 0 Å². The number of rotatable bonds is 1. The summed E-state index contributed by atoms with van der Waals surface area (Å²) in [6, 6.07) is 9.85. The van der Waals surface area contributed by atoms with Crippen LogP contribution in [0.25, 0.3) is 21.8 Å². The third-order valence-corrected chi connectivity index (χ3v) is 3.28. The maximum absolute atomic E-state index is 13.3. The van der Waals surface area contributed by atoms with E-state index in [1.165, 1.54) is 12.1 Å². The van der Waals surface area contributed by atoms with E-state index < -0.39 is 0 Å². The van der Waals surface area contributed by atoms with Crippen LogP contribution in [0.3, 0.4) is 0 Å². The largest absolute Gasteiger partial charge is 0.497 e. The first kappa shape index (κ1) is 11.2. The van der Waals surface area contributed by atoms with E-state index in [0.717, 1.165) is 10.9 Å². The first-order valence-corrected chi connectivity index (χ1v) is 5.79. The molecular formula is C14H9ClFNO. The highest BCUT2D eigenvalue weighted by Crippen LogP contribution is 2.32. The number of methoxy groups -OCH3 is 1. The van der Waals surface area contributed by atoms with Crippen LogP contribution in [0.4, 0.5) is 4.39 Å². The van der Waals surface area contributed by atoms with Gasteiger partial charge in [-0.05, 0) is 36.4 Å². The molecule has 2 nitrogen and oxygen atoms in total. The van der Waals surface area contributed by atoms with Crippen molar-refractivity contribution in [1.82, 2.24) is 4.98 Å². The molecule has 90 valence electrons. The summed E-state index contributed by atoms with van der Waals surface area (Å²) in [5, 5.41) is 1.86. The van der Waals surface area contributed by atoms with Gasteiger partial charge in [-0.1, -0.05) is 11.6 Å². The van der Waals surface area contributed by atoms with Crippen LogP contribution < -0.4 is 4.74 Å². The summed E-state index contributed by atoms with van der Waals surface area (Å²) >= 11 is 6.31. The molecule has 3 aromatic rings. The second-order valence-electron chi connectivity index (χ2n) is 3.97. The van der Waals surface area contributed by atoms with Gasteiger partial charge in [-0.25, -0.2) is 9.37 Å². The standard InChI is InChI=1S/C14H9ClFNO/c1-18-9-3-5-13-11(7-9)14(15)10-6-8(16)2-4-12(10)17-13/h2-7H,1H3. The molecule has 0 N–H and O–H groups in total. The van der Waals surface area contributed by atoms with E-state index in [1.807, 2.05) is 12.1 Å². The Morgan fingerprint density at radius 3 is 2.44 bits per heavy atom. The van der Waals surface area contributed by atoms with Gasteiger partial charge in [0.05, 0.1) is 23.2 Å². The molecule has 4 heteroatoms. The van der Waals surface area contributed by atoms with Crippen molar-refractivity contribution < 1.29 is 9.13 Å². The number of hydrogen-bond acceptors (Lipinski definition) is 2. The predicted molar refractivity (Wildman–Crippen MR) is 70.8 cm³/mol. The van der Waals surface area contributed by atoms with E-state index in [0.29, 0.717) is 21.7 Å². The Morgan fingerprint density at radius 2 is 1.72 bits per heavy atom. The average molecular weight is 262 g/mol. The molecule has 0 aliphatic rings. The molecule has 0 saturated carbocycles. The number of halogens is 2. The maximum Gasteiger partial charge on any atom is 0.124 e. The van der Waals surface area contributed by atoms with Crippen LogP contribution in [0.15, 0.2) is 36.4 Å². The van der Waals surface area contributed by atoms with Gasteiger partial charge >= 0.3 is 0 Å². The highest BCUT2D eigenvalue weighted by molar-refractivity contribution is 6.40. The number of hydrogen-bond donors (Lipinski definition) is 0. The Hall–Kier alpha value is -1.87. The lowest BCUT2D eigenvalue weighted by Crippen LogP contribution is -1.88. The molecular weight excluding hydrogens is 253 g/mol. The smallest absolute Gasteiger partial charge is 0.124 e. The van der Waals surface area contributed by atoms with Gasteiger partial charge in [0.25, 0.3) is 0 Å². The molecule has 0 unspecified atom stereocenters. The Kier molecular flexibility index (Phi) is 2.56. The van der Waals surface area contributed by atoms with Gasteiger partial charge in [-0.3, -0.25) is 0 Å². The van der Waals surface area contributed by atoms with Crippen molar-refractivity contribution in [1.29, 1.82) is 0 Å². The molecule has 0 atom stereocenters. The molecule has 3 rings (SSSR count). The van der Waals surface area contributed by atoms with Crippen molar-refractivity contribution in [2.24, 2.45) is 0 Å². The summed E-state index contributed by atoms with van der Waals surface area (Å²) in [6.07, 6.45) is 0. The summed E-state index contributed by atoms with van der Waals surface area (Å²) in [5.41, 5.74) is 1.44. The molecule has 0 fully saturated rings. The molecule has 0 saturated heterocycles. The van der Waals surface area contributed by atoms with Crippen LogP contribution in [0.2, 0.25) is 5.02 Å². The Labute approximate surface area is 108 Å². The van der Waals surface area contributed by atoms with Crippen LogP contribution in [-0.4, -0.2) is 12.1 Å². The topological polar surface area (TPSA) is 22.1 Å². The molecule has 1 aromatic heterocycles. The van der Waals surface area contributed by atoms with E-state index in [2.05, 4.69) is 4.98 Å². The van der Waals surface area contributed by atoms with Crippen LogP contribution in [0.5, 0.6) is 5.75 Å². The molecule has 18 heavy (non-hydrogen) atoms. The third-order valence-electron chi connectivity index (χ3n) is 2.88. The zero-order chi connectivity index (χ0) is 12.7. The third kappa shape index (κ3) is 1.68. The number of benzene rings is 2. The minimum Gasteiger partial charge on any atom is -0.497 e. The first-order chi connectivity index (χ1) is 8.69. The van der Waals surface area contributed by atoms with Gasteiger partial charge in [0.1, 0.15) is 11.6 Å². The quantitative estimate of drug-likeness (QED) is 0.613. The summed E-state index contributed by atoms with van der Waals surface area (Å²) < 4.78 is 18.4. The normalized spacial score (nSPS) is 11.1. The zero-order valence-corrected chi connectivity index (χ0v) is 10.3. The fourth-order valence-corrected chi connectivity index (χ4v) is 2.27. The lowest BCUT2D eigenvalue weighted by Gasteiger charge is -2.07. The van der Waals surface area contributed by atoms with Gasteiger partial charge in [-0.2, -0.15) is 0 Å². The molecule has 0 amide bonds. The first-order valence-electron chi connectivity index (χ1n) is 5.41. The summed E-state index contributed by atoms with van der Waals surface area (Å²) in [4.78, 5) is 4.45. The minimum atomic E-state index is -0.326. The van der Waals surface area contributed by atoms with Gasteiger partial charge < -0.3 is 4.74 Å². The number of aromatic nitrogens is 1.